The molecule has 0 saturated heterocycles. The van der Waals surface area contributed by atoms with Crippen LogP contribution in [0.1, 0.15) is 32.5 Å². The third kappa shape index (κ3) is 2.83. The van der Waals surface area contributed by atoms with E-state index in [9.17, 15) is 14.7 Å². The molecule has 0 bridgehead atoms. The minimum atomic E-state index is -0.580. The number of hydrogen-bond acceptors (Lipinski definition) is 5. The number of rotatable bonds is 4. The monoisotopic (exact) mass is 343 g/mol. The largest absolute Gasteiger partial charge is 0.394 e. The molecular weight excluding hydrogens is 326 g/mol. The Balaban J connectivity index is 1.95. The van der Waals surface area contributed by atoms with E-state index in [0.717, 1.165) is 16.1 Å². The summed E-state index contributed by atoms with van der Waals surface area (Å²) in [5.74, 6) is -0.548. The molecule has 0 spiro atoms. The highest BCUT2D eigenvalue weighted by molar-refractivity contribution is 7.17. The molecule has 1 amide bonds. The van der Waals surface area contributed by atoms with Gasteiger partial charge in [0.05, 0.1) is 12.6 Å². The van der Waals surface area contributed by atoms with Gasteiger partial charge in [-0.1, -0.05) is 30.3 Å². The summed E-state index contributed by atoms with van der Waals surface area (Å²) in [5, 5.41) is 12.2. The van der Waals surface area contributed by atoms with Crippen molar-refractivity contribution >= 4 is 22.2 Å². The Hall–Kier alpha value is -2.51. The summed E-state index contributed by atoms with van der Waals surface area (Å²) >= 11 is 1.41. The lowest BCUT2D eigenvalue weighted by Crippen LogP contribution is -2.35. The first kappa shape index (κ1) is 16.4. The number of aliphatic hydroxyl groups is 1. The van der Waals surface area contributed by atoms with E-state index >= 15 is 0 Å². The topological polar surface area (TPSA) is 83.7 Å². The van der Waals surface area contributed by atoms with Gasteiger partial charge in [0.2, 0.25) is 0 Å². The predicted octanol–water partition coefficient (Wildman–Crippen LogP) is 1.84. The lowest BCUT2D eigenvalue weighted by atomic mass is 10.1. The van der Waals surface area contributed by atoms with Gasteiger partial charge < -0.3 is 10.4 Å². The molecule has 7 heteroatoms. The van der Waals surface area contributed by atoms with Crippen molar-refractivity contribution in [2.75, 3.05) is 6.61 Å². The van der Waals surface area contributed by atoms with Crippen LogP contribution in [0.4, 0.5) is 0 Å². The van der Waals surface area contributed by atoms with Crippen molar-refractivity contribution in [1.82, 2.24) is 14.7 Å². The molecule has 2 aromatic heterocycles. The van der Waals surface area contributed by atoms with E-state index in [4.69, 9.17) is 0 Å². The highest BCUT2D eigenvalue weighted by atomic mass is 32.1. The van der Waals surface area contributed by atoms with Crippen molar-refractivity contribution in [2.45, 2.75) is 19.9 Å². The molecule has 0 aliphatic carbocycles. The number of nitrogens with zero attached hydrogens (tertiary/aromatic N) is 2. The van der Waals surface area contributed by atoms with E-state index in [2.05, 4.69) is 10.3 Å². The molecule has 24 heavy (non-hydrogen) atoms. The van der Waals surface area contributed by atoms with Gasteiger partial charge >= 0.3 is 0 Å². The van der Waals surface area contributed by atoms with Gasteiger partial charge in [-0.15, -0.1) is 11.3 Å². The Labute approximate surface area is 142 Å². The lowest BCUT2D eigenvalue weighted by molar-refractivity contribution is 0.0914. The molecule has 0 aliphatic heterocycles. The van der Waals surface area contributed by atoms with Crippen LogP contribution in [0.3, 0.4) is 0 Å². The summed E-state index contributed by atoms with van der Waals surface area (Å²) < 4.78 is 1.45. The number of carbonyl (C=O) groups excluding carboxylic acids is 1. The lowest BCUT2D eigenvalue weighted by Gasteiger charge is -2.16. The Morgan fingerprint density at radius 3 is 2.71 bits per heavy atom. The van der Waals surface area contributed by atoms with Crippen molar-refractivity contribution in [3.8, 4) is 0 Å². The molecule has 0 saturated carbocycles. The fraction of sp³-hybridized carbons (Fsp3) is 0.235. The first-order valence-corrected chi connectivity index (χ1v) is 8.29. The summed E-state index contributed by atoms with van der Waals surface area (Å²) in [5.41, 5.74) is 1.11. The van der Waals surface area contributed by atoms with E-state index in [1.807, 2.05) is 44.2 Å². The molecule has 0 radical (unpaired) electrons. The molecule has 1 aromatic carbocycles. The zero-order valence-electron chi connectivity index (χ0n) is 13.3. The highest BCUT2D eigenvalue weighted by Gasteiger charge is 2.20. The minimum Gasteiger partial charge on any atom is -0.394 e. The maximum Gasteiger partial charge on any atom is 0.271 e. The Morgan fingerprint density at radius 1 is 1.33 bits per heavy atom. The molecule has 3 rings (SSSR count). The smallest absolute Gasteiger partial charge is 0.271 e. The normalized spacial score (nSPS) is 12.3. The van der Waals surface area contributed by atoms with Gasteiger partial charge in [0.25, 0.3) is 11.5 Å². The summed E-state index contributed by atoms with van der Waals surface area (Å²) in [6.45, 7) is 3.47. The zero-order chi connectivity index (χ0) is 17.3. The van der Waals surface area contributed by atoms with Crippen LogP contribution in [-0.4, -0.2) is 27.0 Å². The van der Waals surface area contributed by atoms with Crippen LogP contribution in [-0.2, 0) is 0 Å². The van der Waals surface area contributed by atoms with Crippen LogP contribution >= 0.6 is 11.3 Å². The maximum atomic E-state index is 12.6. The van der Waals surface area contributed by atoms with E-state index in [-0.39, 0.29) is 12.2 Å². The van der Waals surface area contributed by atoms with E-state index < -0.39 is 17.5 Å². The van der Waals surface area contributed by atoms with Crippen molar-refractivity contribution < 1.29 is 9.90 Å². The number of thiazole rings is 1. The number of nitrogens with one attached hydrogen (secondary N) is 1. The number of aryl methyl sites for hydroxylation is 2. The number of aliphatic hydroxyl groups excluding tert-OH is 1. The Kier molecular flexibility index (Phi) is 4.46. The second-order valence-electron chi connectivity index (χ2n) is 5.46. The van der Waals surface area contributed by atoms with Gasteiger partial charge in [0.1, 0.15) is 5.56 Å². The number of fused-ring (bicyclic) bond motifs is 1. The fourth-order valence-electron chi connectivity index (χ4n) is 2.49. The molecule has 2 N–H and O–H groups in total. The van der Waals surface area contributed by atoms with E-state index in [1.165, 1.54) is 21.9 Å². The number of hydrogen-bond donors (Lipinski definition) is 2. The molecule has 3 aromatic rings. The maximum absolute atomic E-state index is 12.6. The molecule has 2 heterocycles. The molecule has 124 valence electrons. The first-order valence-electron chi connectivity index (χ1n) is 7.47. The minimum absolute atomic E-state index is 0.0391. The summed E-state index contributed by atoms with van der Waals surface area (Å²) in [6.07, 6.45) is 1.29. The first-order chi connectivity index (χ1) is 11.5. The average molecular weight is 343 g/mol. The van der Waals surface area contributed by atoms with Crippen molar-refractivity contribution in [2.24, 2.45) is 0 Å². The third-order valence-electron chi connectivity index (χ3n) is 3.95. The number of aromatic nitrogens is 2. The molecule has 1 atom stereocenters. The van der Waals surface area contributed by atoms with E-state index in [1.54, 1.807) is 0 Å². The average Bonchev–Trinajstić information content (AvgIpc) is 2.88. The van der Waals surface area contributed by atoms with Gasteiger partial charge in [0, 0.05) is 16.8 Å². The van der Waals surface area contributed by atoms with Crippen molar-refractivity contribution in [1.29, 1.82) is 0 Å². The second kappa shape index (κ2) is 6.54. The Bertz CT molecular complexity index is 947. The summed E-state index contributed by atoms with van der Waals surface area (Å²) in [4.78, 5) is 30.9. The van der Waals surface area contributed by atoms with Crippen LogP contribution in [0.2, 0.25) is 0 Å². The van der Waals surface area contributed by atoms with Crippen LogP contribution in [0.25, 0.3) is 4.96 Å². The number of amides is 1. The van der Waals surface area contributed by atoms with Gasteiger partial charge in [-0.25, -0.2) is 4.98 Å². The van der Waals surface area contributed by atoms with Gasteiger partial charge in [-0.2, -0.15) is 0 Å². The zero-order valence-corrected chi connectivity index (χ0v) is 14.1. The van der Waals surface area contributed by atoms with Gasteiger partial charge in [-0.05, 0) is 19.4 Å². The number of carbonyl (C=O) groups is 1. The van der Waals surface area contributed by atoms with Crippen LogP contribution in [0.15, 0.2) is 41.3 Å². The second-order valence-corrected chi connectivity index (χ2v) is 6.64. The highest BCUT2D eigenvalue weighted by Crippen LogP contribution is 2.18. The molecular formula is C17H17N3O3S. The van der Waals surface area contributed by atoms with Crippen molar-refractivity contribution in [3.63, 3.8) is 0 Å². The predicted molar refractivity (Wildman–Crippen MR) is 92.5 cm³/mol. The Morgan fingerprint density at radius 2 is 2.04 bits per heavy atom. The molecule has 6 nitrogen and oxygen atoms in total. The van der Waals surface area contributed by atoms with Crippen LogP contribution in [0.5, 0.6) is 0 Å². The van der Waals surface area contributed by atoms with E-state index in [0.29, 0.717) is 4.96 Å². The standard InChI is InChI=1S/C17H17N3O3S/c1-10-11(2)24-17-18-8-13(16(23)20(10)17)15(22)19-14(9-21)12-6-4-3-5-7-12/h3-8,14,21H,9H2,1-2H3,(H,19,22). The van der Waals surface area contributed by atoms with Gasteiger partial charge in [0.15, 0.2) is 4.96 Å². The number of benzene rings is 1. The molecule has 0 fully saturated rings. The van der Waals surface area contributed by atoms with Crippen molar-refractivity contribution in [3.05, 3.63) is 68.6 Å². The van der Waals surface area contributed by atoms with Crippen LogP contribution in [0, 0.1) is 13.8 Å². The van der Waals surface area contributed by atoms with Gasteiger partial charge in [-0.3, -0.25) is 14.0 Å². The SMILES string of the molecule is Cc1sc2ncc(C(=O)NC(CO)c3ccccc3)c(=O)n2c1C. The molecule has 0 aliphatic rings. The summed E-state index contributed by atoms with van der Waals surface area (Å²) in [7, 11) is 0. The molecule has 1 unspecified atom stereocenters. The fourth-order valence-corrected chi connectivity index (χ4v) is 3.42. The quantitative estimate of drug-likeness (QED) is 0.757. The van der Waals surface area contributed by atoms with Crippen LogP contribution < -0.4 is 10.9 Å². The third-order valence-corrected chi connectivity index (χ3v) is 5.02. The summed E-state index contributed by atoms with van der Waals surface area (Å²) in [6, 6.07) is 8.54.